The number of nitrogens with zero attached hydrogens (tertiary/aromatic N) is 3. The van der Waals surface area contributed by atoms with E-state index in [9.17, 15) is 0 Å². The number of pyridine rings is 1. The number of aromatic nitrogens is 3. The zero-order valence-electron chi connectivity index (χ0n) is 17.5. The van der Waals surface area contributed by atoms with Crippen molar-refractivity contribution in [1.82, 2.24) is 9.55 Å². The molecule has 2 aromatic heterocycles. The number of fused-ring (bicyclic) bond motifs is 1. The minimum atomic E-state index is 1.14. The van der Waals surface area contributed by atoms with Crippen molar-refractivity contribution in [3.8, 4) is 28.2 Å². The molecule has 5 aromatic rings. The number of para-hydroxylation sites is 2. The topological polar surface area (TPSA) is 21.7 Å². The molecule has 0 aliphatic rings. The van der Waals surface area contributed by atoms with Gasteiger partial charge in [-0.3, -0.25) is 4.98 Å². The van der Waals surface area contributed by atoms with Gasteiger partial charge in [-0.2, -0.15) is 4.57 Å². The van der Waals surface area contributed by atoms with Gasteiger partial charge in [-0.15, -0.1) is 0 Å². The van der Waals surface area contributed by atoms with Gasteiger partial charge in [0.2, 0.25) is 0 Å². The van der Waals surface area contributed by atoms with Crippen molar-refractivity contribution in [3.05, 3.63) is 102 Å². The molecule has 0 bridgehead atoms. The maximum Gasteiger partial charge on any atom is 0.296 e. The minimum absolute atomic E-state index is 1.14. The van der Waals surface area contributed by atoms with Gasteiger partial charge in [0.1, 0.15) is 5.69 Å². The number of hydrogen-bond acceptors (Lipinski definition) is 1. The molecule has 3 heteroatoms. The second-order valence-electron chi connectivity index (χ2n) is 7.76. The van der Waals surface area contributed by atoms with Gasteiger partial charge in [-0.1, -0.05) is 48.5 Å². The van der Waals surface area contributed by atoms with Crippen LogP contribution in [0.3, 0.4) is 0 Å². The number of rotatable bonds is 3. The van der Waals surface area contributed by atoms with Crippen LogP contribution in [0.25, 0.3) is 39.2 Å². The van der Waals surface area contributed by atoms with Gasteiger partial charge in [0.25, 0.3) is 5.82 Å². The molecule has 2 heterocycles. The number of aryl methyl sites for hydroxylation is 3. The van der Waals surface area contributed by atoms with Crippen LogP contribution in [0.1, 0.15) is 11.1 Å². The molecule has 0 saturated heterocycles. The Kier molecular flexibility index (Phi) is 4.44. The largest absolute Gasteiger partial charge is 0.296 e. The predicted molar refractivity (Wildman–Crippen MR) is 123 cm³/mol. The van der Waals surface area contributed by atoms with Crippen molar-refractivity contribution < 1.29 is 4.57 Å². The maximum atomic E-state index is 4.42. The lowest BCUT2D eigenvalue weighted by molar-refractivity contribution is -0.633. The number of benzene rings is 3. The lowest BCUT2D eigenvalue weighted by atomic mass is 10.0. The average molecular weight is 391 g/mol. The zero-order valence-corrected chi connectivity index (χ0v) is 17.5. The van der Waals surface area contributed by atoms with Crippen LogP contribution in [0.5, 0.6) is 0 Å². The first-order chi connectivity index (χ1) is 14.6. The summed E-state index contributed by atoms with van der Waals surface area (Å²) in [6, 6.07) is 27.9. The second kappa shape index (κ2) is 7.27. The summed E-state index contributed by atoms with van der Waals surface area (Å²) in [4.78, 5) is 4.42. The SMILES string of the molecule is Cc1ccncc1-c1n(-c2ccc(-c3ccccc3)cc2C)c2ccccc2[n+]1C. The molecule has 0 radical (unpaired) electrons. The van der Waals surface area contributed by atoms with Crippen molar-refractivity contribution in [2.75, 3.05) is 0 Å². The lowest BCUT2D eigenvalue weighted by Gasteiger charge is -2.10. The van der Waals surface area contributed by atoms with Crippen LogP contribution in [0, 0.1) is 13.8 Å². The predicted octanol–water partition coefficient (Wildman–Crippen LogP) is 5.80. The molecule has 3 aromatic carbocycles. The molecule has 0 aliphatic carbocycles. The Morgan fingerprint density at radius 2 is 1.53 bits per heavy atom. The van der Waals surface area contributed by atoms with Crippen LogP contribution in [0.4, 0.5) is 0 Å². The average Bonchev–Trinajstić information content (AvgIpc) is 3.07. The maximum absolute atomic E-state index is 4.42. The summed E-state index contributed by atoms with van der Waals surface area (Å²) in [5, 5.41) is 0. The van der Waals surface area contributed by atoms with Gasteiger partial charge >= 0.3 is 0 Å². The van der Waals surface area contributed by atoms with E-state index in [1.807, 2.05) is 12.4 Å². The number of imidazole rings is 1. The highest BCUT2D eigenvalue weighted by molar-refractivity contribution is 5.80. The molecule has 0 fully saturated rings. The first kappa shape index (κ1) is 18.3. The highest BCUT2D eigenvalue weighted by atomic mass is 15.2. The van der Waals surface area contributed by atoms with Crippen molar-refractivity contribution in [2.24, 2.45) is 7.05 Å². The summed E-state index contributed by atoms with van der Waals surface area (Å²) in [5.74, 6) is 1.14. The Balaban J connectivity index is 1.79. The van der Waals surface area contributed by atoms with Crippen molar-refractivity contribution in [2.45, 2.75) is 13.8 Å². The van der Waals surface area contributed by atoms with Crippen molar-refractivity contribution in [3.63, 3.8) is 0 Å². The highest BCUT2D eigenvalue weighted by Crippen LogP contribution is 2.31. The highest BCUT2D eigenvalue weighted by Gasteiger charge is 2.27. The van der Waals surface area contributed by atoms with Crippen LogP contribution in [-0.2, 0) is 7.05 Å². The Bertz CT molecular complexity index is 1360. The van der Waals surface area contributed by atoms with Gasteiger partial charge in [0.05, 0.1) is 12.6 Å². The third-order valence-electron chi connectivity index (χ3n) is 5.84. The summed E-state index contributed by atoms with van der Waals surface area (Å²) in [7, 11) is 2.13. The first-order valence-corrected chi connectivity index (χ1v) is 10.2. The van der Waals surface area contributed by atoms with Gasteiger partial charge in [0, 0.05) is 12.4 Å². The first-order valence-electron chi connectivity index (χ1n) is 10.2. The second-order valence-corrected chi connectivity index (χ2v) is 7.76. The van der Waals surface area contributed by atoms with E-state index in [-0.39, 0.29) is 0 Å². The van der Waals surface area contributed by atoms with E-state index in [0.29, 0.717) is 0 Å². The summed E-state index contributed by atoms with van der Waals surface area (Å²) in [6.45, 7) is 4.33. The van der Waals surface area contributed by atoms with Crippen LogP contribution in [-0.4, -0.2) is 9.55 Å². The summed E-state index contributed by atoms with van der Waals surface area (Å²) < 4.78 is 4.63. The van der Waals surface area contributed by atoms with E-state index in [0.717, 1.165) is 11.4 Å². The lowest BCUT2D eigenvalue weighted by Crippen LogP contribution is -2.30. The molecular formula is C27H24N3+. The molecule has 0 aliphatic heterocycles. The fourth-order valence-electron chi connectivity index (χ4n) is 4.27. The molecule has 0 spiro atoms. The zero-order chi connectivity index (χ0) is 20.7. The minimum Gasteiger partial charge on any atom is -0.264 e. The Morgan fingerprint density at radius 1 is 0.767 bits per heavy atom. The molecule has 0 atom stereocenters. The third kappa shape index (κ3) is 2.91. The summed E-state index contributed by atoms with van der Waals surface area (Å²) in [5.41, 5.74) is 9.63. The molecular weight excluding hydrogens is 366 g/mol. The molecule has 5 rings (SSSR count). The fourth-order valence-corrected chi connectivity index (χ4v) is 4.27. The molecule has 146 valence electrons. The number of hydrogen-bond donors (Lipinski definition) is 0. The Hall–Kier alpha value is -3.72. The van der Waals surface area contributed by atoms with E-state index in [1.54, 1.807) is 0 Å². The van der Waals surface area contributed by atoms with Crippen molar-refractivity contribution >= 4 is 11.0 Å². The van der Waals surface area contributed by atoms with Crippen LogP contribution < -0.4 is 4.57 Å². The smallest absolute Gasteiger partial charge is 0.264 e. The van der Waals surface area contributed by atoms with E-state index in [2.05, 4.69) is 114 Å². The van der Waals surface area contributed by atoms with Crippen LogP contribution >= 0.6 is 0 Å². The molecule has 30 heavy (non-hydrogen) atoms. The van der Waals surface area contributed by atoms with E-state index >= 15 is 0 Å². The summed E-state index contributed by atoms with van der Waals surface area (Å²) in [6.07, 6.45) is 3.82. The Labute approximate surface area is 176 Å². The van der Waals surface area contributed by atoms with Crippen LogP contribution in [0.2, 0.25) is 0 Å². The molecule has 3 nitrogen and oxygen atoms in total. The fraction of sp³-hybridized carbons (Fsp3) is 0.111. The summed E-state index contributed by atoms with van der Waals surface area (Å²) >= 11 is 0. The molecule has 0 amide bonds. The third-order valence-corrected chi connectivity index (χ3v) is 5.84. The molecule has 0 saturated carbocycles. The quantitative estimate of drug-likeness (QED) is 0.357. The van der Waals surface area contributed by atoms with Gasteiger partial charge < -0.3 is 0 Å². The standard InChI is InChI=1S/C27H24N3/c1-19-15-16-28-18-23(19)27-29(3)25-11-7-8-12-26(25)30(27)24-14-13-22(17-20(24)2)21-9-5-4-6-10-21/h4-18H,1-3H3/q+1. The molecule has 0 unspecified atom stereocenters. The van der Waals surface area contributed by atoms with Gasteiger partial charge in [-0.05, 0) is 66.4 Å². The monoisotopic (exact) mass is 390 g/mol. The van der Waals surface area contributed by atoms with Gasteiger partial charge in [0.15, 0.2) is 11.0 Å². The normalized spacial score (nSPS) is 11.2. The van der Waals surface area contributed by atoms with E-state index in [4.69, 9.17) is 0 Å². The molecule has 0 N–H and O–H groups in total. The van der Waals surface area contributed by atoms with Crippen molar-refractivity contribution in [1.29, 1.82) is 0 Å². The van der Waals surface area contributed by atoms with E-state index in [1.165, 1.54) is 39.0 Å². The van der Waals surface area contributed by atoms with E-state index < -0.39 is 0 Å². The van der Waals surface area contributed by atoms with Gasteiger partial charge in [-0.25, -0.2) is 4.57 Å². The van der Waals surface area contributed by atoms with Crippen LogP contribution in [0.15, 0.2) is 91.3 Å². The Morgan fingerprint density at radius 3 is 2.30 bits per heavy atom.